The van der Waals surface area contributed by atoms with Crippen molar-refractivity contribution >= 4 is 5.91 Å². The van der Waals surface area contributed by atoms with E-state index in [-0.39, 0.29) is 17.9 Å². The largest absolute Gasteiger partial charge is 0.496 e. The van der Waals surface area contributed by atoms with Gasteiger partial charge in [-0.05, 0) is 37.4 Å². The Balaban J connectivity index is 2.50. The Labute approximate surface area is 121 Å². The lowest BCUT2D eigenvalue weighted by Gasteiger charge is -2.18. The topological polar surface area (TPSA) is 64.4 Å². The SMILES string of the molecule is CCC(CN)CC(=O)NC(C)Cc1ccccc1OC. The molecule has 1 rings (SSSR count). The van der Waals surface area contributed by atoms with Crippen LogP contribution in [-0.4, -0.2) is 25.6 Å². The van der Waals surface area contributed by atoms with Crippen LogP contribution in [0.1, 0.15) is 32.3 Å². The molecule has 2 unspecified atom stereocenters. The Morgan fingerprint density at radius 2 is 2.10 bits per heavy atom. The lowest BCUT2D eigenvalue weighted by Crippen LogP contribution is -2.36. The minimum absolute atomic E-state index is 0.0738. The lowest BCUT2D eigenvalue weighted by atomic mass is 10.0. The molecule has 4 heteroatoms. The Kier molecular flexibility index (Phi) is 7.09. The van der Waals surface area contributed by atoms with Crippen molar-refractivity contribution in [2.45, 2.75) is 39.2 Å². The molecule has 0 heterocycles. The molecular formula is C16H26N2O2. The number of benzene rings is 1. The number of hydrogen-bond acceptors (Lipinski definition) is 3. The summed E-state index contributed by atoms with van der Waals surface area (Å²) in [5.41, 5.74) is 6.73. The van der Waals surface area contributed by atoms with Crippen molar-refractivity contribution in [1.29, 1.82) is 0 Å². The second-order valence-electron chi connectivity index (χ2n) is 5.20. The Bertz CT molecular complexity index is 417. The van der Waals surface area contributed by atoms with Crippen LogP contribution in [0.2, 0.25) is 0 Å². The first kappa shape index (κ1) is 16.5. The standard InChI is InChI=1S/C16H26N2O2/c1-4-13(11-17)10-16(19)18-12(2)9-14-7-5-6-8-15(14)20-3/h5-8,12-13H,4,9-11,17H2,1-3H3,(H,18,19). The molecule has 0 bridgehead atoms. The highest BCUT2D eigenvalue weighted by atomic mass is 16.5. The fourth-order valence-electron chi connectivity index (χ4n) is 2.24. The maximum atomic E-state index is 11.9. The lowest BCUT2D eigenvalue weighted by molar-refractivity contribution is -0.122. The van der Waals surface area contributed by atoms with E-state index in [0.717, 1.165) is 24.2 Å². The summed E-state index contributed by atoms with van der Waals surface area (Å²) in [5, 5.41) is 3.03. The zero-order chi connectivity index (χ0) is 15.0. The molecule has 2 atom stereocenters. The van der Waals surface area contributed by atoms with Gasteiger partial charge in [-0.1, -0.05) is 31.5 Å². The molecule has 0 aliphatic heterocycles. The van der Waals surface area contributed by atoms with Gasteiger partial charge in [0.15, 0.2) is 0 Å². The normalized spacial score (nSPS) is 13.6. The number of nitrogens with two attached hydrogens (primary N) is 1. The average Bonchev–Trinajstić information content (AvgIpc) is 2.45. The first-order chi connectivity index (χ1) is 9.60. The molecule has 0 aliphatic rings. The third kappa shape index (κ3) is 5.21. The van der Waals surface area contributed by atoms with Crippen LogP contribution in [0.4, 0.5) is 0 Å². The number of hydrogen-bond donors (Lipinski definition) is 2. The van der Waals surface area contributed by atoms with E-state index >= 15 is 0 Å². The summed E-state index contributed by atoms with van der Waals surface area (Å²) in [6.45, 7) is 4.63. The third-order valence-electron chi connectivity index (χ3n) is 3.51. The molecule has 4 nitrogen and oxygen atoms in total. The zero-order valence-corrected chi connectivity index (χ0v) is 12.7. The highest BCUT2D eigenvalue weighted by Gasteiger charge is 2.14. The second-order valence-corrected chi connectivity index (χ2v) is 5.20. The number of rotatable bonds is 8. The van der Waals surface area contributed by atoms with Crippen molar-refractivity contribution < 1.29 is 9.53 Å². The van der Waals surface area contributed by atoms with Crippen LogP contribution >= 0.6 is 0 Å². The molecule has 112 valence electrons. The van der Waals surface area contributed by atoms with Gasteiger partial charge < -0.3 is 15.8 Å². The number of carbonyl (C=O) groups is 1. The Morgan fingerprint density at radius 3 is 2.70 bits per heavy atom. The van der Waals surface area contributed by atoms with E-state index in [1.54, 1.807) is 7.11 Å². The number of nitrogens with one attached hydrogen (secondary N) is 1. The van der Waals surface area contributed by atoms with Gasteiger partial charge >= 0.3 is 0 Å². The van der Waals surface area contributed by atoms with Crippen molar-refractivity contribution in [3.63, 3.8) is 0 Å². The molecule has 1 amide bonds. The number of carbonyl (C=O) groups excluding carboxylic acids is 1. The van der Waals surface area contributed by atoms with Gasteiger partial charge in [-0.3, -0.25) is 4.79 Å². The van der Waals surface area contributed by atoms with Crippen molar-refractivity contribution in [3.8, 4) is 5.75 Å². The predicted octanol–water partition coefficient (Wildman–Crippen LogP) is 2.12. The molecule has 0 radical (unpaired) electrons. The van der Waals surface area contributed by atoms with Gasteiger partial charge in [0.05, 0.1) is 7.11 Å². The molecular weight excluding hydrogens is 252 g/mol. The van der Waals surface area contributed by atoms with E-state index in [2.05, 4.69) is 12.2 Å². The molecule has 20 heavy (non-hydrogen) atoms. The van der Waals surface area contributed by atoms with E-state index in [1.165, 1.54) is 0 Å². The Morgan fingerprint density at radius 1 is 1.40 bits per heavy atom. The maximum absolute atomic E-state index is 11.9. The van der Waals surface area contributed by atoms with Crippen LogP contribution in [0.5, 0.6) is 5.75 Å². The summed E-state index contributed by atoms with van der Waals surface area (Å²) >= 11 is 0. The Hall–Kier alpha value is -1.55. The summed E-state index contributed by atoms with van der Waals surface area (Å²) in [5.74, 6) is 1.21. The fourth-order valence-corrected chi connectivity index (χ4v) is 2.24. The summed E-state index contributed by atoms with van der Waals surface area (Å²) in [6, 6.07) is 7.96. The van der Waals surface area contributed by atoms with Gasteiger partial charge in [0.1, 0.15) is 5.75 Å². The van der Waals surface area contributed by atoms with E-state index in [4.69, 9.17) is 10.5 Å². The van der Waals surface area contributed by atoms with Gasteiger partial charge in [0.2, 0.25) is 5.91 Å². The van der Waals surface area contributed by atoms with Crippen molar-refractivity contribution in [2.75, 3.05) is 13.7 Å². The quantitative estimate of drug-likeness (QED) is 0.765. The van der Waals surface area contributed by atoms with Crippen molar-refractivity contribution in [3.05, 3.63) is 29.8 Å². The summed E-state index contributed by atoms with van der Waals surface area (Å²) < 4.78 is 5.32. The summed E-state index contributed by atoms with van der Waals surface area (Å²) in [7, 11) is 1.66. The van der Waals surface area contributed by atoms with Crippen LogP contribution in [-0.2, 0) is 11.2 Å². The van der Waals surface area contributed by atoms with Crippen LogP contribution in [0.25, 0.3) is 0 Å². The zero-order valence-electron chi connectivity index (χ0n) is 12.7. The van der Waals surface area contributed by atoms with E-state index < -0.39 is 0 Å². The van der Waals surface area contributed by atoms with Gasteiger partial charge in [-0.15, -0.1) is 0 Å². The van der Waals surface area contributed by atoms with Gasteiger partial charge in [0.25, 0.3) is 0 Å². The smallest absolute Gasteiger partial charge is 0.220 e. The van der Waals surface area contributed by atoms with Crippen molar-refractivity contribution in [1.82, 2.24) is 5.32 Å². The molecule has 0 aliphatic carbocycles. The maximum Gasteiger partial charge on any atom is 0.220 e. The number of ether oxygens (including phenoxy) is 1. The van der Waals surface area contributed by atoms with Crippen LogP contribution in [0.3, 0.4) is 0 Å². The minimum Gasteiger partial charge on any atom is -0.496 e. The highest BCUT2D eigenvalue weighted by molar-refractivity contribution is 5.76. The highest BCUT2D eigenvalue weighted by Crippen LogP contribution is 2.19. The molecule has 1 aromatic carbocycles. The predicted molar refractivity (Wildman–Crippen MR) is 81.8 cm³/mol. The fraction of sp³-hybridized carbons (Fsp3) is 0.562. The van der Waals surface area contributed by atoms with E-state index in [9.17, 15) is 4.79 Å². The van der Waals surface area contributed by atoms with Crippen LogP contribution in [0.15, 0.2) is 24.3 Å². The van der Waals surface area contributed by atoms with Gasteiger partial charge in [-0.2, -0.15) is 0 Å². The monoisotopic (exact) mass is 278 g/mol. The first-order valence-corrected chi connectivity index (χ1v) is 7.22. The summed E-state index contributed by atoms with van der Waals surface area (Å²) in [6.07, 6.45) is 2.20. The molecule has 1 aromatic rings. The van der Waals surface area contributed by atoms with E-state index in [1.807, 2.05) is 31.2 Å². The van der Waals surface area contributed by atoms with Crippen LogP contribution in [0, 0.1) is 5.92 Å². The number of amides is 1. The molecule has 0 saturated heterocycles. The molecule has 0 aromatic heterocycles. The van der Waals surface area contributed by atoms with E-state index in [0.29, 0.717) is 13.0 Å². The van der Waals surface area contributed by atoms with Gasteiger partial charge in [-0.25, -0.2) is 0 Å². The third-order valence-corrected chi connectivity index (χ3v) is 3.51. The average molecular weight is 278 g/mol. The summed E-state index contributed by atoms with van der Waals surface area (Å²) in [4.78, 5) is 11.9. The van der Waals surface area contributed by atoms with Crippen LogP contribution < -0.4 is 15.8 Å². The first-order valence-electron chi connectivity index (χ1n) is 7.22. The molecule has 3 N–H and O–H groups in total. The molecule has 0 spiro atoms. The molecule has 0 fully saturated rings. The minimum atomic E-state index is 0.0738. The second kappa shape index (κ2) is 8.59. The molecule has 0 saturated carbocycles. The number of methoxy groups -OCH3 is 1. The number of para-hydroxylation sites is 1. The van der Waals surface area contributed by atoms with Gasteiger partial charge in [0, 0.05) is 12.5 Å². The van der Waals surface area contributed by atoms with Crippen molar-refractivity contribution in [2.24, 2.45) is 11.7 Å².